The Morgan fingerprint density at radius 1 is 1.09 bits per heavy atom. The molecule has 0 spiro atoms. The van der Waals surface area contributed by atoms with Crippen molar-refractivity contribution in [3.05, 3.63) is 95.6 Å². The minimum Gasteiger partial charge on any atom is -0.394 e. The fourth-order valence-corrected chi connectivity index (χ4v) is 4.76. The summed E-state index contributed by atoms with van der Waals surface area (Å²) < 4.78 is 13.1. The van der Waals surface area contributed by atoms with Crippen LogP contribution in [0.1, 0.15) is 22.6 Å². The minimum atomic E-state index is -0.420. The van der Waals surface area contributed by atoms with Crippen LogP contribution in [0.2, 0.25) is 0 Å². The van der Waals surface area contributed by atoms with Gasteiger partial charge in [-0.3, -0.25) is 9.78 Å². The van der Waals surface area contributed by atoms with E-state index in [0.717, 1.165) is 16.7 Å². The van der Waals surface area contributed by atoms with E-state index in [4.69, 9.17) is 0 Å². The number of amides is 3. The van der Waals surface area contributed by atoms with E-state index in [0.29, 0.717) is 12.2 Å². The van der Waals surface area contributed by atoms with Gasteiger partial charge in [-0.1, -0.05) is 24.0 Å². The van der Waals surface area contributed by atoms with E-state index < -0.39 is 11.8 Å². The third-order valence-electron chi connectivity index (χ3n) is 6.44. The lowest BCUT2D eigenvalue weighted by Gasteiger charge is -2.58. The van der Waals surface area contributed by atoms with Gasteiger partial charge < -0.3 is 20.2 Å². The molecule has 2 saturated heterocycles. The summed E-state index contributed by atoms with van der Waals surface area (Å²) in [4.78, 5) is 32.8. The van der Waals surface area contributed by atoms with Gasteiger partial charge in [0.25, 0.3) is 0 Å². The number of anilines is 1. The lowest BCUT2D eigenvalue weighted by molar-refractivity contribution is -0.159. The molecule has 0 unspecified atom stereocenters. The molecule has 3 heterocycles. The number of carbonyl (C=O) groups is 2. The summed E-state index contributed by atoms with van der Waals surface area (Å²) in [6, 6.07) is 15.9. The molecule has 0 saturated carbocycles. The minimum absolute atomic E-state index is 0.0738. The molecule has 2 fully saturated rings. The molecule has 8 heteroatoms. The molecule has 0 aliphatic carbocycles. The summed E-state index contributed by atoms with van der Waals surface area (Å²) in [7, 11) is 0. The summed E-state index contributed by atoms with van der Waals surface area (Å²) >= 11 is 0. The smallest absolute Gasteiger partial charge is 0.322 e. The van der Waals surface area contributed by atoms with Crippen LogP contribution >= 0.6 is 0 Å². The van der Waals surface area contributed by atoms with Crippen LogP contribution in [0.25, 0.3) is 0 Å². The zero-order valence-electron chi connectivity index (χ0n) is 18.8. The zero-order valence-corrected chi connectivity index (χ0v) is 18.8. The number of benzene rings is 2. The lowest BCUT2D eigenvalue weighted by Crippen LogP contribution is -2.73. The normalized spacial score (nSPS) is 20.9. The number of carbonyl (C=O) groups excluding carboxylic acids is 2. The highest BCUT2D eigenvalue weighted by atomic mass is 19.1. The average Bonchev–Trinajstić information content (AvgIpc) is 2.86. The van der Waals surface area contributed by atoms with Gasteiger partial charge in [-0.05, 0) is 54.1 Å². The second-order valence-corrected chi connectivity index (χ2v) is 8.58. The molecule has 2 aliphatic heterocycles. The van der Waals surface area contributed by atoms with Crippen LogP contribution in [-0.2, 0) is 4.79 Å². The van der Waals surface area contributed by atoms with Crippen LogP contribution in [0, 0.1) is 17.7 Å². The van der Waals surface area contributed by atoms with Crippen molar-refractivity contribution in [2.24, 2.45) is 0 Å². The van der Waals surface area contributed by atoms with Crippen LogP contribution in [0.5, 0.6) is 0 Å². The van der Waals surface area contributed by atoms with E-state index in [1.165, 1.54) is 29.2 Å². The van der Waals surface area contributed by atoms with Gasteiger partial charge in [0.05, 0.1) is 18.7 Å². The second-order valence-electron chi connectivity index (χ2n) is 8.58. The Balaban J connectivity index is 1.30. The molecule has 5 rings (SSSR count). The maximum absolute atomic E-state index is 13.1. The quantitative estimate of drug-likeness (QED) is 0.577. The molecule has 2 aromatic carbocycles. The topological polar surface area (TPSA) is 85.8 Å². The number of nitrogens with one attached hydrogen (secondary N) is 1. The van der Waals surface area contributed by atoms with Gasteiger partial charge in [0.15, 0.2) is 0 Å². The number of nitrogens with zero attached hydrogens (tertiary/aromatic N) is 3. The Labute approximate surface area is 202 Å². The molecule has 3 aromatic rings. The van der Waals surface area contributed by atoms with Gasteiger partial charge in [-0.15, -0.1) is 0 Å². The van der Waals surface area contributed by atoms with E-state index >= 15 is 0 Å². The fraction of sp³-hybridized carbons (Fsp3) is 0.222. The van der Waals surface area contributed by atoms with Gasteiger partial charge in [0.1, 0.15) is 12.4 Å². The number of piperazine rings is 1. The first-order valence-electron chi connectivity index (χ1n) is 11.3. The van der Waals surface area contributed by atoms with Crippen molar-refractivity contribution in [3.8, 4) is 11.8 Å². The highest BCUT2D eigenvalue weighted by molar-refractivity contribution is 5.93. The van der Waals surface area contributed by atoms with Gasteiger partial charge in [-0.2, -0.15) is 0 Å². The fourth-order valence-electron chi connectivity index (χ4n) is 4.76. The van der Waals surface area contributed by atoms with Gasteiger partial charge in [-0.25, -0.2) is 9.18 Å². The van der Waals surface area contributed by atoms with Crippen molar-refractivity contribution in [3.63, 3.8) is 0 Å². The van der Waals surface area contributed by atoms with Crippen LogP contribution in [0.15, 0.2) is 73.1 Å². The first-order chi connectivity index (χ1) is 17.0. The number of urea groups is 1. The Morgan fingerprint density at radius 3 is 2.51 bits per heavy atom. The lowest BCUT2D eigenvalue weighted by atomic mass is 9.73. The molecule has 7 nitrogen and oxygen atoms in total. The summed E-state index contributed by atoms with van der Waals surface area (Å²) in [5, 5.41) is 12.7. The molecule has 2 N–H and O–H groups in total. The predicted octanol–water partition coefficient (Wildman–Crippen LogP) is 2.82. The van der Waals surface area contributed by atoms with Crippen LogP contribution in [0.4, 0.5) is 14.9 Å². The van der Waals surface area contributed by atoms with E-state index in [2.05, 4.69) is 22.1 Å². The Morgan fingerprint density at radius 2 is 1.83 bits per heavy atom. The number of aliphatic hydroxyl groups is 1. The van der Waals surface area contributed by atoms with Crippen LogP contribution in [0.3, 0.4) is 0 Å². The first kappa shape index (κ1) is 22.6. The van der Waals surface area contributed by atoms with Crippen molar-refractivity contribution in [1.29, 1.82) is 0 Å². The molecule has 2 aliphatic rings. The zero-order chi connectivity index (χ0) is 24.4. The van der Waals surface area contributed by atoms with Crippen molar-refractivity contribution >= 4 is 17.6 Å². The van der Waals surface area contributed by atoms with E-state index in [-0.39, 0.29) is 37.1 Å². The molecule has 0 bridgehead atoms. The van der Waals surface area contributed by atoms with Crippen molar-refractivity contribution in [2.45, 2.75) is 18.0 Å². The maximum Gasteiger partial charge on any atom is 0.322 e. The van der Waals surface area contributed by atoms with Crippen molar-refractivity contribution in [2.75, 3.05) is 25.0 Å². The molecule has 3 amide bonds. The molecule has 0 radical (unpaired) electrons. The standard InChI is InChI=1S/C27H23FN4O3/c28-21-9-11-22(12-10-21)30-27(35)31-15-23-26(24(17-33)32(23)25(34)16-31)20-7-5-18(6-8-20)3-4-19-2-1-13-29-14-19/h1-2,5-14,23-24,26,33H,15-17H2,(H,30,35)/t23-,24+,26-/m0/s1. The number of aromatic nitrogens is 1. The number of hydrogen-bond donors (Lipinski definition) is 2. The second kappa shape index (κ2) is 9.57. The third kappa shape index (κ3) is 4.59. The number of pyridine rings is 1. The van der Waals surface area contributed by atoms with E-state index in [1.54, 1.807) is 17.3 Å². The van der Waals surface area contributed by atoms with Gasteiger partial charge in [0.2, 0.25) is 5.91 Å². The Hall–Kier alpha value is -4.22. The van der Waals surface area contributed by atoms with Crippen molar-refractivity contribution in [1.82, 2.24) is 14.8 Å². The van der Waals surface area contributed by atoms with Crippen LogP contribution in [-0.4, -0.2) is 63.6 Å². The predicted molar refractivity (Wildman–Crippen MR) is 128 cm³/mol. The first-order valence-corrected chi connectivity index (χ1v) is 11.3. The third-order valence-corrected chi connectivity index (χ3v) is 6.44. The number of hydrogen-bond acceptors (Lipinski definition) is 4. The summed E-state index contributed by atoms with van der Waals surface area (Å²) in [6.07, 6.45) is 3.40. The molecule has 35 heavy (non-hydrogen) atoms. The Kier molecular flexibility index (Phi) is 6.17. The number of rotatable bonds is 3. The summed E-state index contributed by atoms with van der Waals surface area (Å²) in [5.41, 5.74) is 3.10. The molecular weight excluding hydrogens is 447 g/mol. The largest absolute Gasteiger partial charge is 0.394 e. The SMILES string of the molecule is O=C(Nc1ccc(F)cc1)N1CC(=O)N2[C@H](CO)[C@@H](c3ccc(C#Cc4cccnc4)cc3)[C@@H]2C1. The van der Waals surface area contributed by atoms with Crippen LogP contribution < -0.4 is 5.32 Å². The highest BCUT2D eigenvalue weighted by Crippen LogP contribution is 2.43. The Bertz CT molecular complexity index is 1290. The van der Waals surface area contributed by atoms with Crippen molar-refractivity contribution < 1.29 is 19.1 Å². The monoisotopic (exact) mass is 470 g/mol. The summed E-state index contributed by atoms with van der Waals surface area (Å²) in [6.45, 7) is 0.107. The highest BCUT2D eigenvalue weighted by Gasteiger charge is 2.54. The number of aliphatic hydroxyl groups excluding tert-OH is 1. The molecule has 1 aromatic heterocycles. The summed E-state index contributed by atoms with van der Waals surface area (Å²) in [5.74, 6) is 5.48. The van der Waals surface area contributed by atoms with Gasteiger partial charge >= 0.3 is 6.03 Å². The maximum atomic E-state index is 13.1. The number of halogens is 1. The number of fused-ring (bicyclic) bond motifs is 1. The van der Waals surface area contributed by atoms with E-state index in [1.807, 2.05) is 36.4 Å². The average molecular weight is 471 g/mol. The van der Waals surface area contributed by atoms with Gasteiger partial charge in [0, 0.05) is 41.7 Å². The molecule has 3 atom stereocenters. The molecular formula is C27H23FN4O3. The van der Waals surface area contributed by atoms with E-state index in [9.17, 15) is 19.1 Å². The molecule has 176 valence electrons.